The Kier molecular flexibility index (Phi) is 7.78. The molecule has 0 aliphatic heterocycles. The number of hydrogen-bond acceptors (Lipinski definition) is 0. The molecule has 0 fully saturated rings. The van der Waals surface area contributed by atoms with Gasteiger partial charge in [-0.05, 0) is 32.1 Å². The lowest BCUT2D eigenvalue weighted by molar-refractivity contribution is 0.611. The summed E-state index contributed by atoms with van der Waals surface area (Å²) in [5, 5.41) is 0. The zero-order chi connectivity index (χ0) is 9.23. The Morgan fingerprint density at radius 2 is 2.17 bits per heavy atom. The molecule has 0 aromatic rings. The summed E-state index contributed by atoms with van der Waals surface area (Å²) in [5.41, 5.74) is 0. The van der Waals surface area contributed by atoms with Crippen molar-refractivity contribution >= 4 is 0 Å². The van der Waals surface area contributed by atoms with Crippen molar-refractivity contribution in [1.82, 2.24) is 0 Å². The van der Waals surface area contributed by atoms with Crippen molar-refractivity contribution in [2.75, 3.05) is 0 Å². The maximum Gasteiger partial charge on any atom is -0.0262 e. The van der Waals surface area contributed by atoms with Gasteiger partial charge in [-0.15, -0.1) is 0 Å². The topological polar surface area (TPSA) is 0 Å². The van der Waals surface area contributed by atoms with Crippen LogP contribution in [0.5, 0.6) is 0 Å². The number of hydrogen-bond donors (Lipinski definition) is 0. The van der Waals surface area contributed by atoms with E-state index in [1.165, 1.54) is 19.3 Å². The number of allylic oxidation sites excluding steroid dienone is 5. The zero-order valence-electron chi connectivity index (χ0n) is 8.29. The summed E-state index contributed by atoms with van der Waals surface area (Å²) in [5.74, 6) is 0.729. The van der Waals surface area contributed by atoms with E-state index in [2.05, 4.69) is 38.7 Å². The first kappa shape index (κ1) is 11.2. The molecule has 0 spiro atoms. The average molecular weight is 164 g/mol. The van der Waals surface area contributed by atoms with Crippen LogP contribution in [0.1, 0.15) is 33.1 Å². The fraction of sp³-hybridized carbons (Fsp3) is 0.500. The predicted octanol–water partition coefficient (Wildman–Crippen LogP) is 4.11. The third-order valence-electron chi connectivity index (χ3n) is 1.82. The van der Waals surface area contributed by atoms with E-state index in [1.807, 2.05) is 12.2 Å². The Hall–Kier alpha value is -0.780. The molecule has 0 amide bonds. The van der Waals surface area contributed by atoms with Crippen LogP contribution in [-0.4, -0.2) is 0 Å². The van der Waals surface area contributed by atoms with Gasteiger partial charge in [-0.3, -0.25) is 0 Å². The van der Waals surface area contributed by atoms with Gasteiger partial charge in [0, 0.05) is 0 Å². The highest BCUT2D eigenvalue weighted by Crippen LogP contribution is 2.09. The molecule has 0 N–H and O–H groups in total. The van der Waals surface area contributed by atoms with Gasteiger partial charge in [0.1, 0.15) is 0 Å². The van der Waals surface area contributed by atoms with E-state index in [1.54, 1.807) is 0 Å². The summed E-state index contributed by atoms with van der Waals surface area (Å²) in [6.45, 7) is 7.96. The fourth-order valence-electron chi connectivity index (χ4n) is 1.17. The van der Waals surface area contributed by atoms with E-state index in [0.29, 0.717) is 0 Å². The summed E-state index contributed by atoms with van der Waals surface area (Å²) in [4.78, 5) is 0. The maximum atomic E-state index is 3.62. The Bertz CT molecular complexity index is 151. The van der Waals surface area contributed by atoms with Crippen LogP contribution in [0.3, 0.4) is 0 Å². The van der Waals surface area contributed by atoms with Gasteiger partial charge in [0.15, 0.2) is 0 Å². The van der Waals surface area contributed by atoms with Gasteiger partial charge in [0.25, 0.3) is 0 Å². The summed E-state index contributed by atoms with van der Waals surface area (Å²) >= 11 is 0. The van der Waals surface area contributed by atoms with E-state index in [9.17, 15) is 0 Å². The first-order valence-electron chi connectivity index (χ1n) is 4.71. The molecule has 0 radical (unpaired) electrons. The normalized spacial score (nSPS) is 14.2. The Labute approximate surface area is 76.7 Å². The molecule has 0 rings (SSSR count). The SMILES string of the molecule is C=C/C=C/CCCC(C)/C=C/C. The average Bonchev–Trinajstić information content (AvgIpc) is 2.05. The molecule has 68 valence electrons. The van der Waals surface area contributed by atoms with Crippen molar-refractivity contribution in [3.8, 4) is 0 Å². The lowest BCUT2D eigenvalue weighted by Crippen LogP contribution is -1.87. The highest BCUT2D eigenvalue weighted by Gasteiger charge is 1.93. The number of unbranched alkanes of at least 4 members (excludes halogenated alkanes) is 1. The summed E-state index contributed by atoms with van der Waals surface area (Å²) < 4.78 is 0. The van der Waals surface area contributed by atoms with E-state index in [4.69, 9.17) is 0 Å². The summed E-state index contributed by atoms with van der Waals surface area (Å²) in [6, 6.07) is 0. The highest BCUT2D eigenvalue weighted by molar-refractivity contribution is 4.97. The van der Waals surface area contributed by atoms with E-state index >= 15 is 0 Å². The minimum Gasteiger partial charge on any atom is -0.0991 e. The lowest BCUT2D eigenvalue weighted by Gasteiger charge is -2.02. The molecule has 0 heterocycles. The van der Waals surface area contributed by atoms with Crippen molar-refractivity contribution in [2.24, 2.45) is 5.92 Å². The third kappa shape index (κ3) is 7.33. The lowest BCUT2D eigenvalue weighted by atomic mass is 10.0. The van der Waals surface area contributed by atoms with Gasteiger partial charge in [-0.25, -0.2) is 0 Å². The van der Waals surface area contributed by atoms with Gasteiger partial charge in [0.2, 0.25) is 0 Å². The first-order valence-corrected chi connectivity index (χ1v) is 4.71. The van der Waals surface area contributed by atoms with Crippen molar-refractivity contribution < 1.29 is 0 Å². The van der Waals surface area contributed by atoms with Gasteiger partial charge >= 0.3 is 0 Å². The Morgan fingerprint density at radius 3 is 2.75 bits per heavy atom. The van der Waals surface area contributed by atoms with Gasteiger partial charge < -0.3 is 0 Å². The quantitative estimate of drug-likeness (QED) is 0.315. The van der Waals surface area contributed by atoms with Gasteiger partial charge in [-0.2, -0.15) is 0 Å². The standard InChI is InChI=1S/C12H20/c1-4-6-7-8-9-11-12(3)10-5-2/h4-7,10,12H,1,8-9,11H2,2-3H3/b7-6+,10-5+. The van der Waals surface area contributed by atoms with Crippen LogP contribution in [-0.2, 0) is 0 Å². The molecule has 0 saturated carbocycles. The molecular formula is C12H20. The highest BCUT2D eigenvalue weighted by atomic mass is 14.0. The third-order valence-corrected chi connectivity index (χ3v) is 1.82. The zero-order valence-corrected chi connectivity index (χ0v) is 8.29. The number of rotatable bonds is 6. The summed E-state index contributed by atoms with van der Waals surface area (Å²) in [7, 11) is 0. The Balaban J connectivity index is 3.30. The van der Waals surface area contributed by atoms with Crippen LogP contribution in [0.2, 0.25) is 0 Å². The second-order valence-corrected chi connectivity index (χ2v) is 3.10. The van der Waals surface area contributed by atoms with Crippen LogP contribution in [0, 0.1) is 5.92 Å². The van der Waals surface area contributed by atoms with Crippen LogP contribution >= 0.6 is 0 Å². The second-order valence-electron chi connectivity index (χ2n) is 3.10. The van der Waals surface area contributed by atoms with E-state index < -0.39 is 0 Å². The minimum atomic E-state index is 0.729. The van der Waals surface area contributed by atoms with Crippen molar-refractivity contribution in [1.29, 1.82) is 0 Å². The molecule has 0 aliphatic rings. The van der Waals surface area contributed by atoms with E-state index in [0.717, 1.165) is 5.92 Å². The van der Waals surface area contributed by atoms with Crippen LogP contribution < -0.4 is 0 Å². The van der Waals surface area contributed by atoms with Gasteiger partial charge in [-0.1, -0.05) is 43.9 Å². The molecule has 0 aliphatic carbocycles. The Morgan fingerprint density at radius 1 is 1.42 bits per heavy atom. The molecule has 0 bridgehead atoms. The fourth-order valence-corrected chi connectivity index (χ4v) is 1.17. The smallest absolute Gasteiger partial charge is 0.0262 e. The van der Waals surface area contributed by atoms with E-state index in [-0.39, 0.29) is 0 Å². The van der Waals surface area contributed by atoms with Gasteiger partial charge in [0.05, 0.1) is 0 Å². The van der Waals surface area contributed by atoms with Crippen molar-refractivity contribution in [3.05, 3.63) is 37.0 Å². The molecule has 0 nitrogen and oxygen atoms in total. The van der Waals surface area contributed by atoms with Crippen LogP contribution in [0.25, 0.3) is 0 Å². The molecule has 12 heavy (non-hydrogen) atoms. The molecule has 1 atom stereocenters. The molecular weight excluding hydrogens is 144 g/mol. The summed E-state index contributed by atoms with van der Waals surface area (Å²) in [6.07, 6.45) is 14.1. The van der Waals surface area contributed by atoms with Crippen LogP contribution in [0.15, 0.2) is 37.0 Å². The molecule has 1 unspecified atom stereocenters. The maximum absolute atomic E-state index is 3.62. The van der Waals surface area contributed by atoms with Crippen molar-refractivity contribution in [3.63, 3.8) is 0 Å². The largest absolute Gasteiger partial charge is 0.0991 e. The first-order chi connectivity index (χ1) is 5.81. The van der Waals surface area contributed by atoms with Crippen molar-refractivity contribution in [2.45, 2.75) is 33.1 Å². The molecule has 0 aromatic carbocycles. The predicted molar refractivity (Wildman–Crippen MR) is 57.2 cm³/mol. The monoisotopic (exact) mass is 164 g/mol. The van der Waals surface area contributed by atoms with Crippen LogP contribution in [0.4, 0.5) is 0 Å². The second kappa shape index (κ2) is 8.32. The molecule has 0 aromatic heterocycles. The molecule has 0 saturated heterocycles. The minimum absolute atomic E-state index is 0.729. The molecule has 0 heteroatoms.